The molecule has 0 N–H and O–H groups in total. The summed E-state index contributed by atoms with van der Waals surface area (Å²) in [5.74, 6) is 0. The van der Waals surface area contributed by atoms with E-state index in [4.69, 9.17) is 0 Å². The van der Waals surface area contributed by atoms with Crippen LogP contribution in [0, 0.1) is 6.92 Å². The summed E-state index contributed by atoms with van der Waals surface area (Å²) in [5.41, 5.74) is 11.9. The minimum atomic E-state index is 1.01. The van der Waals surface area contributed by atoms with Crippen LogP contribution in [0.15, 0.2) is 79.0 Å². The molecule has 2 aromatic heterocycles. The number of aromatic nitrogens is 2. The Morgan fingerprint density at radius 1 is 0.679 bits per heavy atom. The van der Waals surface area contributed by atoms with Gasteiger partial charge in [-0.1, -0.05) is 42.5 Å². The predicted octanol–water partition coefficient (Wildman–Crippen LogP) is 4.55. The Bertz CT molecular complexity index is 1220. The number of nitrogens with zero attached hydrogens (tertiary/aromatic N) is 2. The molecule has 0 saturated carbocycles. The van der Waals surface area contributed by atoms with Crippen molar-refractivity contribution in [3.8, 4) is 33.8 Å². The zero-order valence-electron chi connectivity index (χ0n) is 16.6. The third-order valence-electron chi connectivity index (χ3n) is 5.97. The number of rotatable bonds is 2. The molecule has 2 nitrogen and oxygen atoms in total. The minimum Gasteiger partial charge on any atom is -0.195 e. The first-order valence-electron chi connectivity index (χ1n) is 9.80. The lowest BCUT2D eigenvalue weighted by molar-refractivity contribution is -0.685. The maximum atomic E-state index is 2.33. The summed E-state index contributed by atoms with van der Waals surface area (Å²) in [5, 5.41) is 0. The summed E-state index contributed by atoms with van der Waals surface area (Å²) in [6, 6.07) is 26.3. The molecule has 0 atom stereocenters. The lowest BCUT2D eigenvalue weighted by Gasteiger charge is -2.09. The number of hydrogen-bond donors (Lipinski definition) is 0. The molecule has 2 heteroatoms. The highest BCUT2D eigenvalue weighted by Crippen LogP contribution is 2.40. The van der Waals surface area contributed by atoms with Gasteiger partial charge in [0.2, 0.25) is 5.69 Å². The van der Waals surface area contributed by atoms with Gasteiger partial charge in [0, 0.05) is 23.8 Å². The van der Waals surface area contributed by atoms with E-state index in [9.17, 15) is 0 Å². The Morgan fingerprint density at radius 3 is 2.21 bits per heavy atom. The van der Waals surface area contributed by atoms with Gasteiger partial charge in [0.05, 0.1) is 5.56 Å². The van der Waals surface area contributed by atoms with Gasteiger partial charge < -0.3 is 0 Å². The highest BCUT2D eigenvalue weighted by Gasteiger charge is 2.33. The van der Waals surface area contributed by atoms with E-state index in [0.29, 0.717) is 0 Å². The molecule has 0 spiro atoms. The van der Waals surface area contributed by atoms with Crippen LogP contribution in [0.4, 0.5) is 0 Å². The number of fused-ring (bicyclic) bond motifs is 3. The molecular weight excluding hydrogens is 340 g/mol. The fourth-order valence-electron chi connectivity index (χ4n) is 4.52. The molecule has 2 aromatic carbocycles. The van der Waals surface area contributed by atoms with Crippen molar-refractivity contribution in [2.75, 3.05) is 0 Å². The first kappa shape index (κ1) is 16.9. The Morgan fingerprint density at radius 2 is 1.39 bits per heavy atom. The highest BCUT2D eigenvalue weighted by atomic mass is 15.0. The van der Waals surface area contributed by atoms with Gasteiger partial charge in [-0.25, -0.2) is 0 Å². The van der Waals surface area contributed by atoms with Gasteiger partial charge in [-0.05, 0) is 47.7 Å². The molecule has 2 heterocycles. The molecule has 0 saturated heterocycles. The molecule has 28 heavy (non-hydrogen) atoms. The van der Waals surface area contributed by atoms with Crippen molar-refractivity contribution in [2.45, 2.75) is 13.3 Å². The van der Waals surface area contributed by atoms with Crippen LogP contribution < -0.4 is 9.13 Å². The average Bonchev–Trinajstić information content (AvgIpc) is 3.08. The fourth-order valence-corrected chi connectivity index (χ4v) is 4.52. The van der Waals surface area contributed by atoms with E-state index >= 15 is 0 Å². The van der Waals surface area contributed by atoms with Crippen molar-refractivity contribution in [1.82, 2.24) is 0 Å². The van der Waals surface area contributed by atoms with Crippen LogP contribution in [-0.2, 0) is 20.5 Å². The van der Waals surface area contributed by atoms with Crippen LogP contribution in [0.1, 0.15) is 16.7 Å². The Balaban J connectivity index is 1.79. The van der Waals surface area contributed by atoms with E-state index < -0.39 is 0 Å². The Hall–Kier alpha value is -3.26. The molecule has 0 bridgehead atoms. The maximum Gasteiger partial charge on any atom is 0.285 e. The second-order valence-corrected chi connectivity index (χ2v) is 7.68. The van der Waals surface area contributed by atoms with Crippen LogP contribution in [0.3, 0.4) is 0 Å². The first-order chi connectivity index (χ1) is 13.6. The second-order valence-electron chi connectivity index (χ2n) is 7.68. The molecule has 4 aromatic rings. The van der Waals surface area contributed by atoms with Gasteiger partial charge in [-0.2, -0.15) is 9.13 Å². The summed E-state index contributed by atoms with van der Waals surface area (Å²) < 4.78 is 4.59. The second kappa shape index (κ2) is 6.42. The number of aryl methyl sites for hydroxylation is 2. The van der Waals surface area contributed by atoms with Crippen LogP contribution in [-0.4, -0.2) is 0 Å². The smallest absolute Gasteiger partial charge is 0.195 e. The molecule has 0 unspecified atom stereocenters. The fraction of sp³-hybridized carbons (Fsp3) is 0.154. The molecule has 0 fully saturated rings. The monoisotopic (exact) mass is 364 g/mol. The SMILES string of the molecule is Cc1ccccc1-c1cccc(-c2c3c(cc[n+]2C)Cc2ccccc2-3)[n+]1C. The lowest BCUT2D eigenvalue weighted by Crippen LogP contribution is -2.40. The molecular formula is C26H24N2+2. The lowest BCUT2D eigenvalue weighted by atomic mass is 10.00. The van der Waals surface area contributed by atoms with Crippen LogP contribution in [0.2, 0.25) is 0 Å². The van der Waals surface area contributed by atoms with Crippen LogP contribution in [0.5, 0.6) is 0 Å². The number of pyridine rings is 2. The van der Waals surface area contributed by atoms with Gasteiger partial charge in [-0.3, -0.25) is 0 Å². The standard InChI is InChI=1S/C26H24N2/c1-18-9-4-6-11-21(18)23-13-8-14-24(28(23)3)26-25-20(15-16-27(26)2)17-19-10-5-7-12-22(19)25/h4-16H,17H2,1-3H3/q+2. The topological polar surface area (TPSA) is 7.76 Å². The highest BCUT2D eigenvalue weighted by molar-refractivity contribution is 5.85. The average molecular weight is 364 g/mol. The summed E-state index contributed by atoms with van der Waals surface area (Å²) in [7, 11) is 4.33. The van der Waals surface area contributed by atoms with Gasteiger partial charge in [-0.15, -0.1) is 0 Å². The van der Waals surface area contributed by atoms with Crippen molar-refractivity contribution < 1.29 is 9.13 Å². The quantitative estimate of drug-likeness (QED) is 0.406. The molecule has 0 amide bonds. The van der Waals surface area contributed by atoms with Crippen molar-refractivity contribution in [2.24, 2.45) is 14.1 Å². The molecule has 1 aliphatic rings. The van der Waals surface area contributed by atoms with Crippen molar-refractivity contribution in [1.29, 1.82) is 0 Å². The zero-order chi connectivity index (χ0) is 19.3. The first-order valence-corrected chi connectivity index (χ1v) is 9.80. The molecule has 136 valence electrons. The van der Waals surface area contributed by atoms with Crippen LogP contribution >= 0.6 is 0 Å². The predicted molar refractivity (Wildman–Crippen MR) is 113 cm³/mol. The van der Waals surface area contributed by atoms with E-state index in [0.717, 1.165) is 6.42 Å². The summed E-state index contributed by atoms with van der Waals surface area (Å²) >= 11 is 0. The van der Waals surface area contributed by atoms with Crippen molar-refractivity contribution >= 4 is 0 Å². The molecule has 5 rings (SSSR count). The Labute approximate surface area is 166 Å². The molecule has 0 aliphatic heterocycles. The van der Waals surface area contributed by atoms with Gasteiger partial charge in [0.15, 0.2) is 6.20 Å². The summed E-state index contributed by atoms with van der Waals surface area (Å²) in [6.07, 6.45) is 3.21. The van der Waals surface area contributed by atoms with Gasteiger partial charge in [0.25, 0.3) is 11.4 Å². The number of hydrogen-bond acceptors (Lipinski definition) is 0. The summed E-state index contributed by atoms with van der Waals surface area (Å²) in [6.45, 7) is 2.18. The van der Waals surface area contributed by atoms with E-state index in [1.165, 1.54) is 50.5 Å². The van der Waals surface area contributed by atoms with Gasteiger partial charge >= 0.3 is 0 Å². The zero-order valence-corrected chi connectivity index (χ0v) is 16.6. The maximum absolute atomic E-state index is 2.33. The van der Waals surface area contributed by atoms with Crippen LogP contribution in [0.25, 0.3) is 33.8 Å². The molecule has 0 radical (unpaired) electrons. The third-order valence-corrected chi connectivity index (χ3v) is 5.97. The van der Waals surface area contributed by atoms with E-state index in [-0.39, 0.29) is 0 Å². The largest absolute Gasteiger partial charge is 0.285 e. The Kier molecular flexibility index (Phi) is 3.87. The normalized spacial score (nSPS) is 12.0. The summed E-state index contributed by atoms with van der Waals surface area (Å²) in [4.78, 5) is 0. The molecule has 1 aliphatic carbocycles. The van der Waals surface area contributed by atoms with E-state index in [2.05, 4.69) is 109 Å². The third kappa shape index (κ3) is 2.49. The minimum absolute atomic E-state index is 1.01. The van der Waals surface area contributed by atoms with E-state index in [1.807, 2.05) is 0 Å². The van der Waals surface area contributed by atoms with Gasteiger partial charge in [0.1, 0.15) is 14.1 Å². The van der Waals surface area contributed by atoms with Crippen molar-refractivity contribution in [3.05, 3.63) is 95.7 Å². The van der Waals surface area contributed by atoms with Crippen molar-refractivity contribution in [3.63, 3.8) is 0 Å². The number of benzene rings is 2. The van der Waals surface area contributed by atoms with E-state index in [1.54, 1.807) is 0 Å².